The molecule has 186 valence electrons. The van der Waals surface area contributed by atoms with E-state index in [0.29, 0.717) is 16.3 Å². The van der Waals surface area contributed by atoms with E-state index in [4.69, 9.17) is 16.3 Å². The van der Waals surface area contributed by atoms with Crippen LogP contribution in [0.1, 0.15) is 54.7 Å². The molecule has 2 fully saturated rings. The third-order valence-corrected chi connectivity index (χ3v) is 7.32. The van der Waals surface area contributed by atoms with Crippen LogP contribution in [0.3, 0.4) is 0 Å². The Bertz CT molecular complexity index is 957. The molecule has 0 radical (unpaired) electrons. The van der Waals surface area contributed by atoms with Gasteiger partial charge < -0.3 is 20.1 Å². The van der Waals surface area contributed by atoms with Crippen molar-refractivity contribution in [3.63, 3.8) is 0 Å². The Morgan fingerprint density at radius 2 is 1.79 bits per heavy atom. The van der Waals surface area contributed by atoms with E-state index in [-0.39, 0.29) is 12.5 Å². The maximum Gasteiger partial charge on any atom is 0.416 e. The van der Waals surface area contributed by atoms with E-state index in [0.717, 1.165) is 82.5 Å². The summed E-state index contributed by atoms with van der Waals surface area (Å²) in [6.07, 6.45) is 0.325. The highest BCUT2D eigenvalue weighted by Gasteiger charge is 2.40. The molecule has 1 aliphatic heterocycles. The number of hydrogen-bond acceptors (Lipinski definition) is 4. The molecule has 1 saturated heterocycles. The number of alkyl halides is 3. The van der Waals surface area contributed by atoms with E-state index in [2.05, 4.69) is 10.2 Å². The summed E-state index contributed by atoms with van der Waals surface area (Å²) >= 11 is 6.56. The molecule has 0 amide bonds. The second-order valence-electron chi connectivity index (χ2n) is 9.44. The molecule has 0 aromatic heterocycles. The number of halogens is 4. The van der Waals surface area contributed by atoms with Crippen LogP contribution in [0.15, 0.2) is 42.5 Å². The summed E-state index contributed by atoms with van der Waals surface area (Å²) < 4.78 is 44.7. The quantitative estimate of drug-likeness (QED) is 0.522. The Balaban J connectivity index is 1.50. The van der Waals surface area contributed by atoms with E-state index in [9.17, 15) is 18.3 Å². The van der Waals surface area contributed by atoms with Crippen LogP contribution >= 0.6 is 11.6 Å². The zero-order chi connectivity index (χ0) is 24.2. The number of hydrogen-bond donors (Lipinski definition) is 2. The highest BCUT2D eigenvalue weighted by molar-refractivity contribution is 6.32. The van der Waals surface area contributed by atoms with Gasteiger partial charge in [-0.3, -0.25) is 0 Å². The minimum absolute atomic E-state index is 0.0167. The lowest BCUT2D eigenvalue weighted by Gasteiger charge is -2.42. The van der Waals surface area contributed by atoms with Crippen molar-refractivity contribution in [3.8, 4) is 5.75 Å². The highest BCUT2D eigenvalue weighted by atomic mass is 35.5. The van der Waals surface area contributed by atoms with Crippen LogP contribution in [0, 0.1) is 0 Å². The van der Waals surface area contributed by atoms with Gasteiger partial charge in [-0.2, -0.15) is 13.2 Å². The normalized spacial score (nSPS) is 20.1. The van der Waals surface area contributed by atoms with Crippen molar-refractivity contribution in [2.75, 3.05) is 32.7 Å². The van der Waals surface area contributed by atoms with Gasteiger partial charge in [0.05, 0.1) is 16.2 Å². The summed E-state index contributed by atoms with van der Waals surface area (Å²) in [5.74, 6) is 0.348. The molecule has 8 heteroatoms. The first-order valence-corrected chi connectivity index (χ1v) is 12.4. The van der Waals surface area contributed by atoms with Crippen LogP contribution in [-0.4, -0.2) is 48.3 Å². The Hall–Kier alpha value is -1.80. The summed E-state index contributed by atoms with van der Waals surface area (Å²) in [5, 5.41) is 15.4. The Morgan fingerprint density at radius 1 is 1.06 bits per heavy atom. The minimum atomic E-state index is -4.39. The van der Waals surface area contributed by atoms with E-state index < -0.39 is 17.3 Å². The van der Waals surface area contributed by atoms with Gasteiger partial charge in [-0.15, -0.1) is 0 Å². The molecule has 1 atom stereocenters. The molecule has 1 aliphatic carbocycles. The average Bonchev–Trinajstić information content (AvgIpc) is 2.82. The van der Waals surface area contributed by atoms with Crippen LogP contribution in [0.2, 0.25) is 5.02 Å². The fraction of sp³-hybridized carbons (Fsp3) is 0.538. The smallest absolute Gasteiger partial charge is 0.416 e. The summed E-state index contributed by atoms with van der Waals surface area (Å²) in [6, 6.07) is 10.7. The molecule has 0 bridgehead atoms. The number of piperazine rings is 1. The van der Waals surface area contributed by atoms with Crippen LogP contribution in [-0.2, 0) is 12.8 Å². The lowest BCUT2D eigenvalue weighted by Crippen LogP contribution is -2.49. The van der Waals surface area contributed by atoms with Crippen LogP contribution in [0.4, 0.5) is 13.2 Å². The van der Waals surface area contributed by atoms with Gasteiger partial charge in [-0.05, 0) is 48.2 Å². The second-order valence-corrected chi connectivity index (χ2v) is 9.85. The molecule has 4 rings (SSSR count). The molecule has 34 heavy (non-hydrogen) atoms. The van der Waals surface area contributed by atoms with E-state index >= 15 is 0 Å². The molecule has 2 aromatic carbocycles. The van der Waals surface area contributed by atoms with Crippen molar-refractivity contribution in [1.29, 1.82) is 0 Å². The van der Waals surface area contributed by atoms with Gasteiger partial charge in [-0.25, -0.2) is 0 Å². The molecule has 1 saturated carbocycles. The van der Waals surface area contributed by atoms with Crippen molar-refractivity contribution >= 4 is 11.6 Å². The van der Waals surface area contributed by atoms with Crippen LogP contribution in [0.25, 0.3) is 0 Å². The molecule has 2 aromatic rings. The second kappa shape index (κ2) is 10.9. The largest absolute Gasteiger partial charge is 0.487 e. The number of benzene rings is 2. The lowest BCUT2D eigenvalue weighted by atomic mass is 9.72. The minimum Gasteiger partial charge on any atom is -0.487 e. The predicted octanol–water partition coefficient (Wildman–Crippen LogP) is 5.62. The van der Waals surface area contributed by atoms with E-state index in [1.54, 1.807) is 12.1 Å². The first kappa shape index (κ1) is 25.3. The lowest BCUT2D eigenvalue weighted by molar-refractivity contribution is -0.137. The van der Waals surface area contributed by atoms with Gasteiger partial charge in [0.2, 0.25) is 0 Å². The molecule has 2 aliphatic rings. The maximum atomic E-state index is 13.0. The van der Waals surface area contributed by atoms with E-state index in [1.165, 1.54) is 6.07 Å². The number of ether oxygens (including phenoxy) is 1. The summed E-state index contributed by atoms with van der Waals surface area (Å²) in [5.41, 5.74) is -0.0821. The zero-order valence-corrected chi connectivity index (χ0v) is 20.0. The SMILES string of the molecule is OC1(C(CN2CCNCC2)c2ccc(OCc3cccc(C(F)(F)F)c3)c(Cl)c2)CCCCC1. The van der Waals surface area contributed by atoms with Gasteiger partial charge in [0, 0.05) is 38.6 Å². The third kappa shape index (κ3) is 6.25. The topological polar surface area (TPSA) is 44.7 Å². The molecular formula is C26H32ClF3N2O2. The molecule has 2 N–H and O–H groups in total. The van der Waals surface area contributed by atoms with Gasteiger partial charge >= 0.3 is 6.18 Å². The standard InChI is InChI=1S/C26H32ClF3N2O2/c27-23-16-20(7-8-24(23)34-18-19-5-4-6-21(15-19)26(28,29)30)22(17-32-13-11-31-12-14-32)25(33)9-2-1-3-10-25/h4-8,15-16,22,31,33H,1-3,9-14,17-18H2. The highest BCUT2D eigenvalue weighted by Crippen LogP contribution is 2.42. The van der Waals surface area contributed by atoms with Gasteiger partial charge in [0.25, 0.3) is 0 Å². The predicted molar refractivity (Wildman–Crippen MR) is 127 cm³/mol. The first-order chi connectivity index (χ1) is 16.2. The Labute approximate surface area is 204 Å². The molecule has 1 heterocycles. The van der Waals surface area contributed by atoms with Crippen molar-refractivity contribution in [2.24, 2.45) is 0 Å². The number of aliphatic hydroxyl groups is 1. The van der Waals surface area contributed by atoms with Crippen molar-refractivity contribution < 1.29 is 23.0 Å². The Kier molecular flexibility index (Phi) is 8.08. The number of nitrogens with zero attached hydrogens (tertiary/aromatic N) is 1. The molecule has 4 nitrogen and oxygen atoms in total. The fourth-order valence-electron chi connectivity index (χ4n) is 5.10. The van der Waals surface area contributed by atoms with Gasteiger partial charge in [0.15, 0.2) is 0 Å². The van der Waals surface area contributed by atoms with Crippen molar-refractivity contribution in [2.45, 2.75) is 56.4 Å². The van der Waals surface area contributed by atoms with E-state index in [1.807, 2.05) is 12.1 Å². The monoisotopic (exact) mass is 496 g/mol. The summed E-state index contributed by atoms with van der Waals surface area (Å²) in [7, 11) is 0. The number of rotatable bonds is 7. The fourth-order valence-corrected chi connectivity index (χ4v) is 5.34. The van der Waals surface area contributed by atoms with Gasteiger partial charge in [-0.1, -0.05) is 49.1 Å². The maximum absolute atomic E-state index is 13.0. The van der Waals surface area contributed by atoms with Crippen molar-refractivity contribution in [3.05, 3.63) is 64.2 Å². The van der Waals surface area contributed by atoms with Crippen LogP contribution < -0.4 is 10.1 Å². The molecule has 0 spiro atoms. The van der Waals surface area contributed by atoms with Crippen molar-refractivity contribution in [1.82, 2.24) is 10.2 Å². The third-order valence-electron chi connectivity index (χ3n) is 7.03. The zero-order valence-electron chi connectivity index (χ0n) is 19.2. The summed E-state index contributed by atoms with van der Waals surface area (Å²) in [4.78, 5) is 2.39. The molecule has 1 unspecified atom stereocenters. The molecular weight excluding hydrogens is 465 g/mol. The number of nitrogens with one attached hydrogen (secondary N) is 1. The summed E-state index contributed by atoms with van der Waals surface area (Å²) in [6.45, 7) is 4.51. The Morgan fingerprint density at radius 3 is 2.47 bits per heavy atom. The van der Waals surface area contributed by atoms with Gasteiger partial charge in [0.1, 0.15) is 12.4 Å². The first-order valence-electron chi connectivity index (χ1n) is 12.0. The average molecular weight is 497 g/mol. The van der Waals surface area contributed by atoms with Crippen LogP contribution in [0.5, 0.6) is 5.75 Å².